The van der Waals surface area contributed by atoms with Gasteiger partial charge in [0.05, 0.1) is 10.3 Å². The molecule has 2 heterocycles. The normalized spacial score (nSPS) is 28.4. The van der Waals surface area contributed by atoms with Gasteiger partial charge in [-0.3, -0.25) is 0 Å². The predicted molar refractivity (Wildman–Crippen MR) is 146 cm³/mol. The third kappa shape index (κ3) is 3.02. The number of rotatable bonds is 3. The molecule has 2 nitrogen and oxygen atoms in total. The molecule has 0 bridgehead atoms. The van der Waals surface area contributed by atoms with Gasteiger partial charge in [-0.1, -0.05) is 54.6 Å². The SMILES string of the molecule is C[C@H](OC(=O)c1ccccc1)[C@@]12Sc3ccccc3C1=C1C(=C3c4ccccc4S[C@]32C)C(F)(F)C(F)(F)C1(F)F. The zero-order chi connectivity index (χ0) is 29.2. The molecule has 0 spiro atoms. The second-order valence-electron chi connectivity index (χ2n) is 10.6. The molecule has 0 radical (unpaired) electrons. The number of hydrogen-bond donors (Lipinski definition) is 0. The summed E-state index contributed by atoms with van der Waals surface area (Å²) in [5, 5.41) is 0. The molecule has 3 aromatic rings. The van der Waals surface area contributed by atoms with Gasteiger partial charge < -0.3 is 4.74 Å². The van der Waals surface area contributed by atoms with Gasteiger partial charge in [0, 0.05) is 20.9 Å². The Morgan fingerprint density at radius 1 is 0.683 bits per heavy atom. The number of fused-ring (bicyclic) bond motifs is 8. The quantitative estimate of drug-likeness (QED) is 0.221. The van der Waals surface area contributed by atoms with Crippen LogP contribution in [0.3, 0.4) is 0 Å². The van der Waals surface area contributed by atoms with Crippen molar-refractivity contribution in [2.75, 3.05) is 0 Å². The summed E-state index contributed by atoms with van der Waals surface area (Å²) in [4.78, 5) is 14.2. The Labute approximate surface area is 239 Å². The van der Waals surface area contributed by atoms with E-state index in [1.165, 1.54) is 31.2 Å². The van der Waals surface area contributed by atoms with Gasteiger partial charge in [-0.05, 0) is 60.4 Å². The molecule has 0 N–H and O–H groups in total. The van der Waals surface area contributed by atoms with E-state index < -0.39 is 50.5 Å². The minimum atomic E-state index is -5.68. The lowest BCUT2D eigenvalue weighted by Crippen LogP contribution is -2.57. The van der Waals surface area contributed by atoms with Crippen LogP contribution in [0.1, 0.15) is 35.3 Å². The summed E-state index contributed by atoms with van der Waals surface area (Å²) in [6.07, 6.45) is -1.21. The molecule has 0 saturated heterocycles. The number of allylic oxidation sites excluding steroid dienone is 2. The Kier molecular flexibility index (Phi) is 5.39. The Bertz CT molecular complexity index is 1720. The molecule has 41 heavy (non-hydrogen) atoms. The standard InChI is InChI=1S/C31H20F6O2S2/c1-16(39-26(38)17-10-4-3-5-11-17)28-23(19-13-7-9-15-21(19)41-28)25-24(29(32,33)31(36,37)30(25,34)35)22-18-12-6-8-14-20(18)40-27(22,28)2/h3-16H,1-2H3/t16-,27+,28+/m0/s1. The molecule has 0 amide bonds. The zero-order valence-electron chi connectivity index (χ0n) is 21.5. The fourth-order valence-electron chi connectivity index (χ4n) is 6.72. The number of benzene rings is 3. The molecule has 7 rings (SSSR count). The maximum atomic E-state index is 16.0. The molecular formula is C31H20F6O2S2. The van der Waals surface area contributed by atoms with E-state index in [1.54, 1.807) is 61.5 Å². The molecule has 0 unspecified atom stereocenters. The third-order valence-corrected chi connectivity index (χ3v) is 12.0. The Balaban J connectivity index is 1.59. The van der Waals surface area contributed by atoms with Crippen LogP contribution in [0.15, 0.2) is 99.8 Å². The van der Waals surface area contributed by atoms with Crippen LogP contribution in [0.4, 0.5) is 26.3 Å². The molecule has 3 atom stereocenters. The molecule has 2 aliphatic carbocycles. The lowest BCUT2D eigenvalue weighted by atomic mass is 9.65. The molecular weight excluding hydrogens is 582 g/mol. The van der Waals surface area contributed by atoms with Gasteiger partial charge in [-0.2, -0.15) is 26.3 Å². The number of halogens is 6. The van der Waals surface area contributed by atoms with E-state index >= 15 is 26.3 Å². The van der Waals surface area contributed by atoms with Crippen molar-refractivity contribution >= 4 is 40.6 Å². The monoisotopic (exact) mass is 602 g/mol. The number of thioether (sulfide) groups is 2. The fourth-order valence-corrected chi connectivity index (χ4v) is 10.2. The number of hydrogen-bond acceptors (Lipinski definition) is 4. The number of carbonyl (C=O) groups is 1. The van der Waals surface area contributed by atoms with Crippen molar-refractivity contribution in [3.05, 3.63) is 107 Å². The van der Waals surface area contributed by atoms with Crippen LogP contribution >= 0.6 is 23.5 Å². The van der Waals surface area contributed by atoms with E-state index in [9.17, 15) is 4.79 Å². The van der Waals surface area contributed by atoms with Gasteiger partial charge >= 0.3 is 23.7 Å². The maximum Gasteiger partial charge on any atom is 0.380 e. The molecule has 210 valence electrons. The molecule has 1 saturated carbocycles. The minimum Gasteiger partial charge on any atom is -0.457 e. The molecule has 1 fully saturated rings. The van der Waals surface area contributed by atoms with Gasteiger partial charge in [-0.15, -0.1) is 23.5 Å². The van der Waals surface area contributed by atoms with Crippen LogP contribution in [-0.4, -0.2) is 39.3 Å². The van der Waals surface area contributed by atoms with Crippen LogP contribution in [0.25, 0.3) is 11.1 Å². The Morgan fingerprint density at radius 2 is 1.17 bits per heavy atom. The summed E-state index contributed by atoms with van der Waals surface area (Å²) < 4.78 is 96.9. The van der Waals surface area contributed by atoms with Crippen LogP contribution in [-0.2, 0) is 4.74 Å². The first-order chi connectivity index (χ1) is 19.3. The Morgan fingerprint density at radius 3 is 1.78 bits per heavy atom. The molecule has 4 aliphatic rings. The van der Waals surface area contributed by atoms with Crippen molar-refractivity contribution in [2.24, 2.45) is 0 Å². The zero-order valence-corrected chi connectivity index (χ0v) is 23.1. The smallest absolute Gasteiger partial charge is 0.380 e. The first-order valence-electron chi connectivity index (χ1n) is 12.8. The number of esters is 1. The van der Waals surface area contributed by atoms with Crippen LogP contribution in [0.2, 0.25) is 0 Å². The second-order valence-corrected chi connectivity index (χ2v) is 13.4. The van der Waals surface area contributed by atoms with Crippen LogP contribution in [0, 0.1) is 0 Å². The van der Waals surface area contributed by atoms with E-state index in [2.05, 4.69) is 0 Å². The summed E-state index contributed by atoms with van der Waals surface area (Å²) in [5.41, 5.74) is -2.78. The maximum absolute atomic E-state index is 16.0. The highest BCUT2D eigenvalue weighted by atomic mass is 32.2. The predicted octanol–water partition coefficient (Wildman–Crippen LogP) is 8.78. The summed E-state index contributed by atoms with van der Waals surface area (Å²) in [7, 11) is 0. The summed E-state index contributed by atoms with van der Waals surface area (Å²) in [5.74, 6) is -16.8. The van der Waals surface area contributed by atoms with Crippen molar-refractivity contribution in [2.45, 2.75) is 57.0 Å². The molecule has 3 aromatic carbocycles. The largest absolute Gasteiger partial charge is 0.457 e. The topological polar surface area (TPSA) is 26.3 Å². The van der Waals surface area contributed by atoms with Gasteiger partial charge in [0.2, 0.25) is 0 Å². The highest BCUT2D eigenvalue weighted by Gasteiger charge is 2.85. The third-order valence-electron chi connectivity index (χ3n) is 8.49. The van der Waals surface area contributed by atoms with Gasteiger partial charge in [-0.25, -0.2) is 4.79 Å². The van der Waals surface area contributed by atoms with Crippen molar-refractivity contribution in [3.8, 4) is 0 Å². The van der Waals surface area contributed by atoms with Gasteiger partial charge in [0.1, 0.15) is 10.9 Å². The Hall–Kier alpha value is -3.11. The van der Waals surface area contributed by atoms with E-state index in [4.69, 9.17) is 4.74 Å². The lowest BCUT2D eigenvalue weighted by Gasteiger charge is -2.51. The number of alkyl halides is 6. The van der Waals surface area contributed by atoms with Crippen LogP contribution < -0.4 is 0 Å². The minimum absolute atomic E-state index is 0.151. The van der Waals surface area contributed by atoms with Crippen molar-refractivity contribution in [1.29, 1.82) is 0 Å². The second kappa shape index (κ2) is 8.25. The van der Waals surface area contributed by atoms with Gasteiger partial charge in [0.25, 0.3) is 0 Å². The average molecular weight is 603 g/mol. The van der Waals surface area contributed by atoms with Crippen LogP contribution in [0.5, 0.6) is 0 Å². The highest BCUT2D eigenvalue weighted by molar-refractivity contribution is 8.06. The summed E-state index contributed by atoms with van der Waals surface area (Å²) >= 11 is 2.24. The molecule has 0 aromatic heterocycles. The molecule has 10 heteroatoms. The molecule has 2 aliphatic heterocycles. The summed E-state index contributed by atoms with van der Waals surface area (Å²) in [6, 6.07) is 20.7. The van der Waals surface area contributed by atoms with E-state index in [-0.39, 0.29) is 27.8 Å². The lowest BCUT2D eigenvalue weighted by molar-refractivity contribution is -0.257. The van der Waals surface area contributed by atoms with Gasteiger partial charge in [0.15, 0.2) is 0 Å². The first-order valence-corrected chi connectivity index (χ1v) is 14.4. The van der Waals surface area contributed by atoms with E-state index in [1.807, 2.05) is 0 Å². The van der Waals surface area contributed by atoms with E-state index in [0.717, 1.165) is 23.5 Å². The van der Waals surface area contributed by atoms with Crippen molar-refractivity contribution in [3.63, 3.8) is 0 Å². The average Bonchev–Trinajstić information content (AvgIpc) is 3.48. The van der Waals surface area contributed by atoms with E-state index in [0.29, 0.717) is 9.79 Å². The van der Waals surface area contributed by atoms with Crippen molar-refractivity contribution in [1.82, 2.24) is 0 Å². The first kappa shape index (κ1) is 26.8. The van der Waals surface area contributed by atoms with Crippen molar-refractivity contribution < 1.29 is 35.9 Å². The fraction of sp³-hybridized carbons (Fsp3) is 0.258. The highest BCUT2D eigenvalue weighted by Crippen LogP contribution is 2.78. The number of ether oxygens (including phenoxy) is 1. The number of carbonyl (C=O) groups excluding carboxylic acids is 1. The summed E-state index contributed by atoms with van der Waals surface area (Å²) in [6.45, 7) is 3.12.